The molecule has 1 atom stereocenters. The highest BCUT2D eigenvalue weighted by molar-refractivity contribution is 14.1. The molecule has 0 aliphatic heterocycles. The second-order valence-corrected chi connectivity index (χ2v) is 6.79. The van der Waals surface area contributed by atoms with Gasteiger partial charge in [0.25, 0.3) is 0 Å². The van der Waals surface area contributed by atoms with E-state index in [1.165, 1.54) is 37.7 Å². The number of halogens is 1. The molecule has 0 amide bonds. The van der Waals surface area contributed by atoms with E-state index in [0.717, 1.165) is 12.2 Å². The first kappa shape index (κ1) is 14.2. The predicted octanol–water partition coefficient (Wildman–Crippen LogP) is 5.67. The number of ether oxygens (including phenoxy) is 1. The molecule has 0 N–H and O–H groups in total. The van der Waals surface area contributed by atoms with E-state index in [1.807, 2.05) is 0 Å². The first-order valence-electron chi connectivity index (χ1n) is 7.12. The second-order valence-electron chi connectivity index (χ2n) is 5.29. The van der Waals surface area contributed by atoms with Crippen molar-refractivity contribution in [2.24, 2.45) is 0 Å². The molecule has 0 bridgehead atoms. The topological polar surface area (TPSA) is 9.23 Å². The highest BCUT2D eigenvalue weighted by atomic mass is 127. The Bertz CT molecular complexity index is 365. The lowest BCUT2D eigenvalue weighted by molar-refractivity contribution is 0.0720. The van der Waals surface area contributed by atoms with Crippen LogP contribution < -0.4 is 4.74 Å². The van der Waals surface area contributed by atoms with E-state index in [2.05, 4.69) is 60.7 Å². The van der Waals surface area contributed by atoms with Crippen molar-refractivity contribution in [1.29, 1.82) is 0 Å². The SMILES string of the molecule is CCC(I)c1ccc(OC2(CC)CCCC2)cc1. The normalized spacial score (nSPS) is 19.7. The van der Waals surface area contributed by atoms with Gasteiger partial charge >= 0.3 is 0 Å². The summed E-state index contributed by atoms with van der Waals surface area (Å²) in [5, 5.41) is 0. The predicted molar refractivity (Wildman–Crippen MR) is 85.6 cm³/mol. The molecule has 1 aromatic rings. The number of rotatable bonds is 5. The zero-order chi connectivity index (χ0) is 13.0. The third-order valence-electron chi connectivity index (χ3n) is 4.09. The number of hydrogen-bond acceptors (Lipinski definition) is 1. The molecule has 100 valence electrons. The van der Waals surface area contributed by atoms with Gasteiger partial charge in [-0.2, -0.15) is 0 Å². The fraction of sp³-hybridized carbons (Fsp3) is 0.625. The van der Waals surface area contributed by atoms with Gasteiger partial charge in [0.2, 0.25) is 0 Å². The molecule has 1 aliphatic carbocycles. The molecule has 1 saturated carbocycles. The van der Waals surface area contributed by atoms with Gasteiger partial charge in [-0.15, -0.1) is 0 Å². The van der Waals surface area contributed by atoms with E-state index < -0.39 is 0 Å². The second kappa shape index (κ2) is 6.27. The van der Waals surface area contributed by atoms with Gasteiger partial charge in [0, 0.05) is 3.92 Å². The summed E-state index contributed by atoms with van der Waals surface area (Å²) in [4.78, 5) is 0. The van der Waals surface area contributed by atoms with E-state index >= 15 is 0 Å². The first-order valence-corrected chi connectivity index (χ1v) is 8.37. The Kier molecular flexibility index (Phi) is 4.93. The average Bonchev–Trinajstić information content (AvgIpc) is 2.88. The van der Waals surface area contributed by atoms with Crippen LogP contribution in [0.4, 0.5) is 0 Å². The van der Waals surface area contributed by atoms with Gasteiger partial charge in [-0.25, -0.2) is 0 Å². The molecule has 2 rings (SSSR count). The Labute approximate surface area is 124 Å². The standard InChI is InChI=1S/C16H23IO/c1-3-15(17)13-7-9-14(10-8-13)18-16(4-2)11-5-6-12-16/h7-10,15H,3-6,11-12H2,1-2H3. The van der Waals surface area contributed by atoms with Crippen LogP contribution in [0.3, 0.4) is 0 Å². The molecule has 1 unspecified atom stereocenters. The maximum atomic E-state index is 6.28. The van der Waals surface area contributed by atoms with Crippen LogP contribution in [-0.2, 0) is 0 Å². The van der Waals surface area contributed by atoms with Gasteiger partial charge in [-0.05, 0) is 56.2 Å². The lowest BCUT2D eigenvalue weighted by atomic mass is 9.98. The maximum absolute atomic E-state index is 6.28. The number of alkyl halides is 1. The molecule has 2 heteroatoms. The molecule has 0 saturated heterocycles. The molecule has 18 heavy (non-hydrogen) atoms. The Morgan fingerprint density at radius 3 is 2.28 bits per heavy atom. The van der Waals surface area contributed by atoms with Crippen molar-refractivity contribution in [3.63, 3.8) is 0 Å². The fourth-order valence-electron chi connectivity index (χ4n) is 2.78. The molecule has 0 aromatic heterocycles. The molecule has 1 nitrogen and oxygen atoms in total. The summed E-state index contributed by atoms with van der Waals surface area (Å²) in [6, 6.07) is 8.72. The quantitative estimate of drug-likeness (QED) is 0.486. The van der Waals surface area contributed by atoms with Gasteiger partial charge in [0.15, 0.2) is 0 Å². The van der Waals surface area contributed by atoms with Crippen molar-refractivity contribution in [2.75, 3.05) is 0 Å². The molecule has 0 radical (unpaired) electrons. The first-order chi connectivity index (χ1) is 8.69. The van der Waals surface area contributed by atoms with Crippen molar-refractivity contribution < 1.29 is 4.74 Å². The molecular formula is C16H23IO. The highest BCUT2D eigenvalue weighted by Crippen LogP contribution is 2.37. The minimum absolute atomic E-state index is 0.121. The minimum Gasteiger partial charge on any atom is -0.487 e. The third-order valence-corrected chi connectivity index (χ3v) is 5.69. The average molecular weight is 358 g/mol. The van der Waals surface area contributed by atoms with Crippen molar-refractivity contribution in [2.45, 2.75) is 61.9 Å². The summed E-state index contributed by atoms with van der Waals surface area (Å²) >= 11 is 2.50. The van der Waals surface area contributed by atoms with Crippen LogP contribution in [0.1, 0.15) is 61.9 Å². The summed E-state index contributed by atoms with van der Waals surface area (Å²) in [6.45, 7) is 4.48. The molecular weight excluding hydrogens is 335 g/mol. The van der Waals surface area contributed by atoms with Crippen LogP contribution in [0.25, 0.3) is 0 Å². The number of hydrogen-bond donors (Lipinski definition) is 0. The minimum atomic E-state index is 0.121. The monoisotopic (exact) mass is 358 g/mol. The zero-order valence-electron chi connectivity index (χ0n) is 11.4. The fourth-order valence-corrected chi connectivity index (χ4v) is 3.19. The summed E-state index contributed by atoms with van der Waals surface area (Å²) in [5.74, 6) is 1.04. The molecule has 0 heterocycles. The van der Waals surface area contributed by atoms with Crippen LogP contribution >= 0.6 is 22.6 Å². The summed E-state index contributed by atoms with van der Waals surface area (Å²) in [6.07, 6.45) is 7.37. The van der Waals surface area contributed by atoms with Crippen LogP contribution in [0.2, 0.25) is 0 Å². The van der Waals surface area contributed by atoms with Crippen molar-refractivity contribution >= 4 is 22.6 Å². The van der Waals surface area contributed by atoms with Crippen molar-refractivity contribution in [3.8, 4) is 5.75 Å². The smallest absolute Gasteiger partial charge is 0.120 e. The summed E-state index contributed by atoms with van der Waals surface area (Å²) in [7, 11) is 0. The lowest BCUT2D eigenvalue weighted by Gasteiger charge is -2.29. The molecule has 1 aliphatic rings. The Balaban J connectivity index is 2.05. The van der Waals surface area contributed by atoms with Crippen molar-refractivity contribution in [3.05, 3.63) is 29.8 Å². The zero-order valence-corrected chi connectivity index (χ0v) is 13.6. The van der Waals surface area contributed by atoms with E-state index in [1.54, 1.807) is 0 Å². The van der Waals surface area contributed by atoms with E-state index in [4.69, 9.17) is 4.74 Å². The van der Waals surface area contributed by atoms with E-state index in [0.29, 0.717) is 3.92 Å². The Morgan fingerprint density at radius 1 is 1.17 bits per heavy atom. The summed E-state index contributed by atoms with van der Waals surface area (Å²) < 4.78 is 6.89. The van der Waals surface area contributed by atoms with Gasteiger partial charge in [-0.3, -0.25) is 0 Å². The van der Waals surface area contributed by atoms with Crippen LogP contribution in [0.15, 0.2) is 24.3 Å². The molecule has 0 spiro atoms. The van der Waals surface area contributed by atoms with E-state index in [-0.39, 0.29) is 5.60 Å². The van der Waals surface area contributed by atoms with Gasteiger partial charge in [-0.1, -0.05) is 48.6 Å². The van der Waals surface area contributed by atoms with Gasteiger partial charge < -0.3 is 4.74 Å². The molecule has 1 fully saturated rings. The largest absolute Gasteiger partial charge is 0.487 e. The Morgan fingerprint density at radius 2 is 1.78 bits per heavy atom. The van der Waals surface area contributed by atoms with Gasteiger partial charge in [0.05, 0.1) is 0 Å². The van der Waals surface area contributed by atoms with Crippen molar-refractivity contribution in [1.82, 2.24) is 0 Å². The van der Waals surface area contributed by atoms with Crippen LogP contribution in [-0.4, -0.2) is 5.60 Å². The lowest BCUT2D eigenvalue weighted by Crippen LogP contribution is -2.31. The molecule has 1 aromatic carbocycles. The number of benzene rings is 1. The highest BCUT2D eigenvalue weighted by Gasteiger charge is 2.34. The van der Waals surface area contributed by atoms with Crippen LogP contribution in [0.5, 0.6) is 5.75 Å². The Hall–Kier alpha value is -0.250. The summed E-state index contributed by atoms with van der Waals surface area (Å²) in [5.41, 5.74) is 1.53. The van der Waals surface area contributed by atoms with Crippen LogP contribution in [0, 0.1) is 0 Å². The van der Waals surface area contributed by atoms with E-state index in [9.17, 15) is 0 Å². The maximum Gasteiger partial charge on any atom is 0.120 e. The van der Waals surface area contributed by atoms with Gasteiger partial charge in [0.1, 0.15) is 11.4 Å². The third kappa shape index (κ3) is 3.19.